The van der Waals surface area contributed by atoms with Gasteiger partial charge in [0.2, 0.25) is 0 Å². The number of fused-ring (bicyclic) bond motifs is 2. The first-order valence-corrected chi connectivity index (χ1v) is 8.15. The lowest BCUT2D eigenvalue weighted by Gasteiger charge is -2.55. The summed E-state index contributed by atoms with van der Waals surface area (Å²) in [6.07, 6.45) is 5.08. The standard InChI is InChI=1S/C18H27NO/c1-3-12-20-18(15-8-5-4-6-9-15)16-10-7-11-17(18)14-19(2)13-16/h4-6,8-9,16-17H,3,7,10-14H2,1-2H3. The van der Waals surface area contributed by atoms with Gasteiger partial charge < -0.3 is 9.64 Å². The van der Waals surface area contributed by atoms with E-state index in [9.17, 15) is 0 Å². The molecular formula is C18H27NO. The molecule has 2 nitrogen and oxygen atoms in total. The van der Waals surface area contributed by atoms with Crippen molar-refractivity contribution >= 4 is 0 Å². The Kier molecular flexibility index (Phi) is 4.13. The highest BCUT2D eigenvalue weighted by atomic mass is 16.5. The summed E-state index contributed by atoms with van der Waals surface area (Å²) >= 11 is 0. The van der Waals surface area contributed by atoms with Crippen molar-refractivity contribution in [2.45, 2.75) is 38.2 Å². The summed E-state index contributed by atoms with van der Waals surface area (Å²) in [4.78, 5) is 2.50. The molecule has 2 unspecified atom stereocenters. The second-order valence-electron chi connectivity index (χ2n) is 6.55. The van der Waals surface area contributed by atoms with Crippen LogP contribution >= 0.6 is 0 Å². The van der Waals surface area contributed by atoms with Gasteiger partial charge in [0.1, 0.15) is 5.60 Å². The molecule has 1 aliphatic carbocycles. The fourth-order valence-corrected chi connectivity index (χ4v) is 4.41. The first-order chi connectivity index (χ1) is 9.77. The van der Waals surface area contributed by atoms with E-state index in [1.165, 1.54) is 37.9 Å². The van der Waals surface area contributed by atoms with Crippen molar-refractivity contribution in [3.63, 3.8) is 0 Å². The molecule has 2 fully saturated rings. The van der Waals surface area contributed by atoms with Gasteiger partial charge in [-0.3, -0.25) is 0 Å². The lowest BCUT2D eigenvalue weighted by molar-refractivity contribution is -0.183. The lowest BCUT2D eigenvalue weighted by Crippen LogP contribution is -2.58. The number of benzene rings is 1. The molecule has 0 N–H and O–H groups in total. The maximum Gasteiger partial charge on any atom is 0.101 e. The molecule has 1 saturated heterocycles. The summed E-state index contributed by atoms with van der Waals surface area (Å²) in [5, 5.41) is 0. The average molecular weight is 273 g/mol. The number of hydrogen-bond donors (Lipinski definition) is 0. The number of piperidine rings is 1. The van der Waals surface area contributed by atoms with Gasteiger partial charge in [0.15, 0.2) is 0 Å². The van der Waals surface area contributed by atoms with Crippen molar-refractivity contribution in [3.8, 4) is 0 Å². The van der Waals surface area contributed by atoms with Gasteiger partial charge >= 0.3 is 0 Å². The van der Waals surface area contributed by atoms with Crippen molar-refractivity contribution in [2.24, 2.45) is 11.8 Å². The van der Waals surface area contributed by atoms with Crippen LogP contribution in [0.3, 0.4) is 0 Å². The Balaban J connectivity index is 2.01. The highest BCUT2D eigenvalue weighted by Gasteiger charge is 2.52. The third kappa shape index (κ3) is 2.29. The van der Waals surface area contributed by atoms with E-state index in [0.717, 1.165) is 13.0 Å². The molecule has 0 aromatic heterocycles. The normalized spacial score (nSPS) is 34.1. The van der Waals surface area contributed by atoms with Crippen LogP contribution in [-0.2, 0) is 10.3 Å². The zero-order valence-corrected chi connectivity index (χ0v) is 12.8. The summed E-state index contributed by atoms with van der Waals surface area (Å²) in [6, 6.07) is 11.0. The van der Waals surface area contributed by atoms with E-state index in [0.29, 0.717) is 11.8 Å². The smallest absolute Gasteiger partial charge is 0.101 e. The predicted octanol–water partition coefficient (Wildman–Crippen LogP) is 3.67. The lowest BCUT2D eigenvalue weighted by atomic mass is 9.62. The summed E-state index contributed by atoms with van der Waals surface area (Å²) in [5.74, 6) is 1.29. The number of ether oxygens (including phenoxy) is 1. The average Bonchev–Trinajstić information content (AvgIpc) is 2.46. The van der Waals surface area contributed by atoms with Crippen molar-refractivity contribution in [1.82, 2.24) is 4.90 Å². The van der Waals surface area contributed by atoms with Crippen LogP contribution in [0.1, 0.15) is 38.2 Å². The predicted molar refractivity (Wildman–Crippen MR) is 82.7 cm³/mol. The molecule has 2 bridgehead atoms. The number of hydrogen-bond acceptors (Lipinski definition) is 2. The molecule has 0 spiro atoms. The Hall–Kier alpha value is -0.860. The third-order valence-corrected chi connectivity index (χ3v) is 5.15. The van der Waals surface area contributed by atoms with Gasteiger partial charge in [-0.1, -0.05) is 43.7 Å². The van der Waals surface area contributed by atoms with Crippen molar-refractivity contribution in [3.05, 3.63) is 35.9 Å². The van der Waals surface area contributed by atoms with Gasteiger partial charge in [0.25, 0.3) is 0 Å². The highest BCUT2D eigenvalue weighted by Crippen LogP contribution is 2.51. The van der Waals surface area contributed by atoms with Gasteiger partial charge in [-0.2, -0.15) is 0 Å². The first kappa shape index (κ1) is 14.1. The maximum atomic E-state index is 6.59. The molecule has 1 aromatic carbocycles. The van der Waals surface area contributed by atoms with Gasteiger partial charge in [0, 0.05) is 31.5 Å². The molecule has 2 atom stereocenters. The quantitative estimate of drug-likeness (QED) is 0.830. The SMILES string of the molecule is CCCOC1(c2ccccc2)C2CCCC1CN(C)C2. The van der Waals surface area contributed by atoms with Crippen LogP contribution in [0.15, 0.2) is 30.3 Å². The molecule has 1 aliphatic heterocycles. The van der Waals surface area contributed by atoms with Crippen molar-refractivity contribution in [2.75, 3.05) is 26.7 Å². The zero-order chi connectivity index (χ0) is 14.0. The number of likely N-dealkylation sites (tertiary alicyclic amines) is 1. The summed E-state index contributed by atoms with van der Waals surface area (Å²) in [5.41, 5.74) is 1.39. The molecule has 1 aromatic rings. The van der Waals surface area contributed by atoms with Crippen molar-refractivity contribution < 1.29 is 4.74 Å². The fourth-order valence-electron chi connectivity index (χ4n) is 4.41. The van der Waals surface area contributed by atoms with E-state index in [2.05, 4.69) is 49.2 Å². The monoisotopic (exact) mass is 273 g/mol. The zero-order valence-electron chi connectivity index (χ0n) is 12.8. The topological polar surface area (TPSA) is 12.5 Å². The molecule has 3 rings (SSSR count). The van der Waals surface area contributed by atoms with Crippen LogP contribution < -0.4 is 0 Å². The molecular weight excluding hydrogens is 246 g/mol. The second-order valence-corrected chi connectivity index (χ2v) is 6.55. The Morgan fingerprint density at radius 2 is 1.80 bits per heavy atom. The molecule has 2 heteroatoms. The fraction of sp³-hybridized carbons (Fsp3) is 0.667. The van der Waals surface area contributed by atoms with Gasteiger partial charge in [-0.05, 0) is 31.9 Å². The third-order valence-electron chi connectivity index (χ3n) is 5.15. The highest BCUT2D eigenvalue weighted by molar-refractivity contribution is 5.27. The van der Waals surface area contributed by atoms with Gasteiger partial charge in [-0.15, -0.1) is 0 Å². The van der Waals surface area contributed by atoms with E-state index in [1.54, 1.807) is 0 Å². The summed E-state index contributed by atoms with van der Waals surface area (Å²) < 4.78 is 6.59. The van der Waals surface area contributed by atoms with Crippen LogP contribution in [0, 0.1) is 11.8 Å². The summed E-state index contributed by atoms with van der Waals surface area (Å²) in [6.45, 7) is 5.44. The van der Waals surface area contributed by atoms with E-state index < -0.39 is 0 Å². The first-order valence-electron chi connectivity index (χ1n) is 8.15. The Labute approximate surface area is 123 Å². The number of nitrogens with zero attached hydrogens (tertiary/aromatic N) is 1. The van der Waals surface area contributed by atoms with Gasteiger partial charge in [-0.25, -0.2) is 0 Å². The van der Waals surface area contributed by atoms with Crippen LogP contribution in [0.4, 0.5) is 0 Å². The molecule has 2 aliphatic rings. The molecule has 20 heavy (non-hydrogen) atoms. The van der Waals surface area contributed by atoms with E-state index in [4.69, 9.17) is 4.74 Å². The number of rotatable bonds is 4. The minimum atomic E-state index is -0.0258. The van der Waals surface area contributed by atoms with Crippen LogP contribution in [-0.4, -0.2) is 31.6 Å². The molecule has 0 radical (unpaired) electrons. The molecule has 1 saturated carbocycles. The summed E-state index contributed by atoms with van der Waals surface area (Å²) in [7, 11) is 2.26. The minimum Gasteiger partial charge on any atom is -0.370 e. The molecule has 110 valence electrons. The molecule has 1 heterocycles. The van der Waals surface area contributed by atoms with E-state index in [-0.39, 0.29) is 5.60 Å². The molecule has 0 amide bonds. The van der Waals surface area contributed by atoms with Crippen LogP contribution in [0.2, 0.25) is 0 Å². The largest absolute Gasteiger partial charge is 0.370 e. The maximum absolute atomic E-state index is 6.59. The Morgan fingerprint density at radius 3 is 2.40 bits per heavy atom. The van der Waals surface area contributed by atoms with E-state index >= 15 is 0 Å². The minimum absolute atomic E-state index is 0.0258. The van der Waals surface area contributed by atoms with E-state index in [1.807, 2.05) is 0 Å². The van der Waals surface area contributed by atoms with Gasteiger partial charge in [0.05, 0.1) is 0 Å². The van der Waals surface area contributed by atoms with Crippen LogP contribution in [0.5, 0.6) is 0 Å². The Bertz CT molecular complexity index is 416. The van der Waals surface area contributed by atoms with Crippen LogP contribution in [0.25, 0.3) is 0 Å². The second kappa shape index (κ2) is 5.87. The Morgan fingerprint density at radius 1 is 1.15 bits per heavy atom. The van der Waals surface area contributed by atoms with Crippen molar-refractivity contribution in [1.29, 1.82) is 0 Å².